The van der Waals surface area contributed by atoms with Crippen molar-refractivity contribution >= 4 is 45.5 Å². The molecule has 45 heavy (non-hydrogen) atoms. The normalized spacial score (nSPS) is 16.2. The van der Waals surface area contributed by atoms with Gasteiger partial charge in [0.05, 0.1) is 35.7 Å². The van der Waals surface area contributed by atoms with Crippen LogP contribution in [0.4, 0.5) is 21.5 Å². The zero-order valence-electron chi connectivity index (χ0n) is 24.4. The SMILES string of the molecule is N#Cc1cnc2cc(OC3CCOC3)c(NC(=O)C=C3CCNCC3)cc2c1Nc1ccc(OCc2ccc(Cl)cc2)c(F)c1. The first kappa shape index (κ1) is 30.3. The van der Waals surface area contributed by atoms with Crippen molar-refractivity contribution in [2.24, 2.45) is 0 Å². The van der Waals surface area contributed by atoms with Gasteiger partial charge in [0, 0.05) is 46.9 Å². The van der Waals surface area contributed by atoms with E-state index in [4.69, 9.17) is 25.8 Å². The number of amides is 1. The van der Waals surface area contributed by atoms with Crippen LogP contribution in [0, 0.1) is 17.1 Å². The molecule has 4 aromatic rings. The number of pyridine rings is 1. The van der Waals surface area contributed by atoms with E-state index >= 15 is 4.39 Å². The van der Waals surface area contributed by atoms with Crippen LogP contribution in [0.25, 0.3) is 10.9 Å². The molecule has 2 saturated heterocycles. The quantitative estimate of drug-likeness (QED) is 0.177. The van der Waals surface area contributed by atoms with E-state index < -0.39 is 5.82 Å². The summed E-state index contributed by atoms with van der Waals surface area (Å²) in [5, 5.41) is 20.5. The summed E-state index contributed by atoms with van der Waals surface area (Å²) in [6.07, 6.45) is 5.25. The summed E-state index contributed by atoms with van der Waals surface area (Å²) in [6.45, 7) is 2.88. The Morgan fingerprint density at radius 2 is 1.98 bits per heavy atom. The standard InChI is InChI=1S/C34H31ClFN5O4/c35-24-3-1-22(2-4-24)19-44-31-6-5-25(14-28(31)36)40-34-23(17-37)18-39-29-16-32(45-26-9-12-43-20-26)30(15-27(29)34)41-33(42)13-21-7-10-38-11-8-21/h1-6,13-16,18,26,38H,7-12,19-20H2,(H,39,40)(H,41,42). The lowest BCUT2D eigenvalue weighted by Crippen LogP contribution is -2.24. The molecular formula is C34H31ClFN5O4. The molecule has 0 spiro atoms. The number of carbonyl (C=O) groups is 1. The zero-order valence-corrected chi connectivity index (χ0v) is 25.1. The highest BCUT2D eigenvalue weighted by Gasteiger charge is 2.22. The first-order valence-electron chi connectivity index (χ1n) is 14.7. The number of fused-ring (bicyclic) bond motifs is 1. The van der Waals surface area contributed by atoms with Gasteiger partial charge in [0.2, 0.25) is 5.91 Å². The minimum Gasteiger partial charge on any atom is -0.486 e. The van der Waals surface area contributed by atoms with E-state index in [2.05, 4.69) is 27.0 Å². The molecule has 1 atom stereocenters. The van der Waals surface area contributed by atoms with Crippen molar-refractivity contribution in [3.05, 3.63) is 94.4 Å². The van der Waals surface area contributed by atoms with Gasteiger partial charge in [-0.3, -0.25) is 9.78 Å². The first-order chi connectivity index (χ1) is 21.9. The number of nitrogens with one attached hydrogen (secondary N) is 3. The van der Waals surface area contributed by atoms with E-state index in [1.165, 1.54) is 18.3 Å². The van der Waals surface area contributed by atoms with Gasteiger partial charge in [-0.15, -0.1) is 0 Å². The highest BCUT2D eigenvalue weighted by molar-refractivity contribution is 6.30. The predicted octanol–water partition coefficient (Wildman–Crippen LogP) is 6.64. The molecule has 9 nitrogen and oxygen atoms in total. The van der Waals surface area contributed by atoms with Gasteiger partial charge < -0.3 is 30.2 Å². The van der Waals surface area contributed by atoms with Crippen molar-refractivity contribution in [3.8, 4) is 17.6 Å². The molecule has 2 aliphatic heterocycles. The second-order valence-electron chi connectivity index (χ2n) is 10.9. The third-order valence-electron chi connectivity index (χ3n) is 7.62. The van der Waals surface area contributed by atoms with Crippen LogP contribution in [0.3, 0.4) is 0 Å². The van der Waals surface area contributed by atoms with Crippen LogP contribution >= 0.6 is 11.6 Å². The first-order valence-corrected chi connectivity index (χ1v) is 15.1. The second kappa shape index (κ2) is 13.9. The topological polar surface area (TPSA) is 118 Å². The van der Waals surface area contributed by atoms with Gasteiger partial charge in [-0.1, -0.05) is 29.3 Å². The Labute approximate surface area is 265 Å². The number of piperidine rings is 1. The molecule has 1 amide bonds. The Morgan fingerprint density at radius 3 is 2.71 bits per heavy atom. The molecule has 3 aromatic carbocycles. The number of halogens is 2. The highest BCUT2D eigenvalue weighted by Crippen LogP contribution is 2.37. The van der Waals surface area contributed by atoms with E-state index in [0.717, 1.165) is 43.5 Å². The van der Waals surface area contributed by atoms with Crippen LogP contribution in [0.5, 0.6) is 11.5 Å². The Kier molecular flexibility index (Phi) is 9.41. The van der Waals surface area contributed by atoms with Crippen LogP contribution in [-0.4, -0.2) is 43.3 Å². The van der Waals surface area contributed by atoms with Crippen LogP contribution < -0.4 is 25.4 Å². The monoisotopic (exact) mass is 627 g/mol. The number of carbonyl (C=O) groups excluding carboxylic acids is 1. The van der Waals surface area contributed by atoms with E-state index in [1.54, 1.807) is 36.4 Å². The molecule has 0 bridgehead atoms. The third-order valence-corrected chi connectivity index (χ3v) is 7.87. The number of hydrogen-bond donors (Lipinski definition) is 3. The molecule has 11 heteroatoms. The lowest BCUT2D eigenvalue weighted by atomic mass is 10.0. The molecule has 3 N–H and O–H groups in total. The fourth-order valence-electron chi connectivity index (χ4n) is 5.25. The number of rotatable bonds is 9. The average molecular weight is 628 g/mol. The van der Waals surface area contributed by atoms with Crippen LogP contribution in [0.1, 0.15) is 30.4 Å². The predicted molar refractivity (Wildman–Crippen MR) is 171 cm³/mol. The van der Waals surface area contributed by atoms with Gasteiger partial charge in [0.25, 0.3) is 0 Å². The van der Waals surface area contributed by atoms with Gasteiger partial charge in [-0.25, -0.2) is 4.39 Å². The van der Waals surface area contributed by atoms with Crippen molar-refractivity contribution < 1.29 is 23.4 Å². The van der Waals surface area contributed by atoms with Crippen LogP contribution in [0.15, 0.2) is 72.4 Å². The summed E-state index contributed by atoms with van der Waals surface area (Å²) in [7, 11) is 0. The number of benzene rings is 3. The van der Waals surface area contributed by atoms with Gasteiger partial charge in [-0.05, 0) is 61.8 Å². The lowest BCUT2D eigenvalue weighted by Gasteiger charge is -2.19. The summed E-state index contributed by atoms with van der Waals surface area (Å²) in [4.78, 5) is 17.6. The molecule has 230 valence electrons. The van der Waals surface area contributed by atoms with Crippen molar-refractivity contribution in [2.45, 2.75) is 32.0 Å². The van der Waals surface area contributed by atoms with E-state index in [1.807, 2.05) is 12.1 Å². The molecule has 1 unspecified atom stereocenters. The van der Waals surface area contributed by atoms with Gasteiger partial charge in [0.15, 0.2) is 11.6 Å². The maximum atomic E-state index is 15.1. The maximum Gasteiger partial charge on any atom is 0.248 e. The van der Waals surface area contributed by atoms with Crippen molar-refractivity contribution in [2.75, 3.05) is 36.9 Å². The van der Waals surface area contributed by atoms with E-state index in [9.17, 15) is 10.1 Å². The van der Waals surface area contributed by atoms with Crippen molar-refractivity contribution in [1.29, 1.82) is 5.26 Å². The Hall–Kier alpha value is -4.69. The molecule has 3 heterocycles. The number of hydrogen-bond acceptors (Lipinski definition) is 8. The van der Waals surface area contributed by atoms with E-state index in [-0.39, 0.29) is 29.9 Å². The smallest absolute Gasteiger partial charge is 0.248 e. The van der Waals surface area contributed by atoms with E-state index in [0.29, 0.717) is 52.0 Å². The van der Waals surface area contributed by atoms with Crippen LogP contribution in [0.2, 0.25) is 5.02 Å². The molecule has 0 radical (unpaired) electrons. The molecular weight excluding hydrogens is 597 g/mol. The van der Waals surface area contributed by atoms with Crippen LogP contribution in [-0.2, 0) is 16.1 Å². The van der Waals surface area contributed by atoms with Gasteiger partial charge in [0.1, 0.15) is 24.5 Å². The molecule has 2 aliphatic rings. The third kappa shape index (κ3) is 7.52. The summed E-state index contributed by atoms with van der Waals surface area (Å²) < 4.78 is 32.5. The number of ether oxygens (including phenoxy) is 3. The molecule has 0 saturated carbocycles. The largest absolute Gasteiger partial charge is 0.486 e. The Balaban J connectivity index is 1.30. The fraction of sp³-hybridized carbons (Fsp3) is 0.265. The Bertz CT molecular complexity index is 1780. The molecule has 1 aromatic heterocycles. The fourth-order valence-corrected chi connectivity index (χ4v) is 5.37. The minimum atomic E-state index is -0.570. The summed E-state index contributed by atoms with van der Waals surface area (Å²) >= 11 is 5.94. The number of nitrogens with zero attached hydrogens (tertiary/aromatic N) is 2. The average Bonchev–Trinajstić information content (AvgIpc) is 3.56. The Morgan fingerprint density at radius 1 is 1.16 bits per heavy atom. The van der Waals surface area contributed by atoms with Gasteiger partial charge >= 0.3 is 0 Å². The zero-order chi connectivity index (χ0) is 31.2. The highest BCUT2D eigenvalue weighted by atomic mass is 35.5. The molecule has 0 aliphatic carbocycles. The van der Waals surface area contributed by atoms with Gasteiger partial charge in [-0.2, -0.15) is 5.26 Å². The molecule has 2 fully saturated rings. The molecule has 6 rings (SSSR count). The maximum absolute atomic E-state index is 15.1. The number of aromatic nitrogens is 1. The summed E-state index contributed by atoms with van der Waals surface area (Å²) in [5.41, 5.74) is 3.95. The second-order valence-corrected chi connectivity index (χ2v) is 11.3. The number of anilines is 3. The lowest BCUT2D eigenvalue weighted by molar-refractivity contribution is -0.112. The van der Waals surface area contributed by atoms with Crippen molar-refractivity contribution in [3.63, 3.8) is 0 Å². The summed E-state index contributed by atoms with van der Waals surface area (Å²) in [5.74, 6) is -0.305. The number of nitriles is 1. The summed E-state index contributed by atoms with van der Waals surface area (Å²) in [6, 6.07) is 17.2. The minimum absolute atomic E-state index is 0.0844. The van der Waals surface area contributed by atoms with Crippen molar-refractivity contribution in [1.82, 2.24) is 10.3 Å².